The molecule has 0 spiro atoms. The van der Waals surface area contributed by atoms with Crippen molar-refractivity contribution in [3.05, 3.63) is 6.92 Å². The molecule has 0 saturated heterocycles. The second-order valence-electron chi connectivity index (χ2n) is 5.72. The van der Waals surface area contributed by atoms with Crippen LogP contribution < -0.4 is 19.6 Å². The SMILES string of the molecule is O=P([O-])([O-])OP(=O)([O-])[O-].[CH2-]CCCCCCCCCCCCCC.[W]. The number of hydrogen-bond acceptors (Lipinski definition) is 7. The van der Waals surface area contributed by atoms with Gasteiger partial charge in [-0.05, 0) is 0 Å². The first-order valence-electron chi connectivity index (χ1n) is 8.67. The van der Waals surface area contributed by atoms with Gasteiger partial charge in [0.1, 0.15) is 0 Å². The van der Waals surface area contributed by atoms with Gasteiger partial charge in [0.15, 0.2) is 0 Å². The van der Waals surface area contributed by atoms with Crippen molar-refractivity contribution in [2.45, 2.75) is 90.4 Å². The van der Waals surface area contributed by atoms with E-state index in [0.29, 0.717) is 0 Å². The van der Waals surface area contributed by atoms with Crippen molar-refractivity contribution in [1.82, 2.24) is 0 Å². The van der Waals surface area contributed by atoms with Gasteiger partial charge in [-0.25, -0.2) is 0 Å². The summed E-state index contributed by atoms with van der Waals surface area (Å²) in [6.45, 7) is 6.15. The zero-order chi connectivity index (χ0) is 18.9. The fourth-order valence-electron chi connectivity index (χ4n) is 2.14. The molecular formula is C15H31O7P2W-5. The van der Waals surface area contributed by atoms with E-state index in [9.17, 15) is 28.7 Å². The van der Waals surface area contributed by atoms with Crippen molar-refractivity contribution in [2.75, 3.05) is 0 Å². The second-order valence-corrected chi connectivity index (χ2v) is 8.16. The summed E-state index contributed by atoms with van der Waals surface area (Å²) < 4.78 is 21.2. The first-order chi connectivity index (χ1) is 11.1. The number of rotatable bonds is 14. The largest absolute Gasteiger partial charge is 0.790 e. The van der Waals surface area contributed by atoms with E-state index in [-0.39, 0.29) is 21.1 Å². The number of unbranched alkanes of at least 4 members (excludes halogenated alkanes) is 12. The zero-order valence-electron chi connectivity index (χ0n) is 15.1. The summed E-state index contributed by atoms with van der Waals surface area (Å²) in [7, 11) is -11.4. The van der Waals surface area contributed by atoms with Gasteiger partial charge in [-0.3, -0.25) is 0 Å². The molecule has 0 aliphatic rings. The van der Waals surface area contributed by atoms with Crippen LogP contribution in [0.15, 0.2) is 0 Å². The van der Waals surface area contributed by atoms with Crippen LogP contribution >= 0.6 is 15.6 Å². The van der Waals surface area contributed by atoms with Gasteiger partial charge >= 0.3 is 0 Å². The Bertz CT molecular complexity index is 326. The Morgan fingerprint density at radius 3 is 1.16 bits per heavy atom. The van der Waals surface area contributed by atoms with Gasteiger partial charge in [-0.2, -0.15) is 6.42 Å². The van der Waals surface area contributed by atoms with E-state index in [1.54, 1.807) is 0 Å². The molecule has 0 aliphatic heterocycles. The molecule has 0 heterocycles. The summed E-state index contributed by atoms with van der Waals surface area (Å²) >= 11 is 0. The van der Waals surface area contributed by atoms with Gasteiger partial charge in [-0.15, -0.1) is 0 Å². The predicted molar refractivity (Wildman–Crippen MR) is 87.4 cm³/mol. The van der Waals surface area contributed by atoms with Crippen molar-refractivity contribution in [1.29, 1.82) is 0 Å². The van der Waals surface area contributed by atoms with Crippen LogP contribution in [0.5, 0.6) is 0 Å². The Kier molecular flexibility index (Phi) is 24.2. The van der Waals surface area contributed by atoms with Gasteiger partial charge in [-0.1, -0.05) is 84.0 Å². The Hall–Kier alpha value is 0.948. The average Bonchev–Trinajstić information content (AvgIpc) is 2.41. The molecule has 0 saturated carbocycles. The van der Waals surface area contributed by atoms with Crippen molar-refractivity contribution in [3.8, 4) is 0 Å². The molecule has 0 aromatic carbocycles. The average molecular weight is 569 g/mol. The first kappa shape index (κ1) is 30.7. The molecule has 0 aromatic heterocycles. The van der Waals surface area contributed by atoms with E-state index in [1.165, 1.54) is 77.0 Å². The Balaban J connectivity index is -0.000000418. The summed E-state index contributed by atoms with van der Waals surface area (Å²) in [5.74, 6) is 0. The van der Waals surface area contributed by atoms with Crippen molar-refractivity contribution in [3.63, 3.8) is 0 Å². The monoisotopic (exact) mass is 569 g/mol. The third-order valence-corrected chi connectivity index (χ3v) is 4.90. The smallest absolute Gasteiger partial charge is 0.0655 e. The summed E-state index contributed by atoms with van der Waals surface area (Å²) in [5.41, 5.74) is 0. The van der Waals surface area contributed by atoms with Crippen molar-refractivity contribution in [2.24, 2.45) is 0 Å². The summed E-state index contributed by atoms with van der Waals surface area (Å²) in [6, 6.07) is 0. The topological polar surface area (TPSA) is 136 Å². The third kappa shape index (κ3) is 36.6. The minimum Gasteiger partial charge on any atom is -0.790 e. The zero-order valence-corrected chi connectivity index (χ0v) is 19.8. The molecule has 0 radical (unpaired) electrons. The van der Waals surface area contributed by atoms with E-state index >= 15 is 0 Å². The summed E-state index contributed by atoms with van der Waals surface area (Å²) in [4.78, 5) is 37.3. The first-order valence-corrected chi connectivity index (χ1v) is 11.6. The molecule has 0 amide bonds. The minimum absolute atomic E-state index is 0. The Morgan fingerprint density at radius 1 is 0.680 bits per heavy atom. The van der Waals surface area contributed by atoms with E-state index < -0.39 is 15.6 Å². The van der Waals surface area contributed by atoms with Crippen molar-refractivity contribution < 1.29 is 54.1 Å². The maximum Gasteiger partial charge on any atom is 0.0655 e. The minimum atomic E-state index is -5.68. The van der Waals surface area contributed by atoms with Gasteiger partial charge in [0.2, 0.25) is 0 Å². The molecule has 0 aliphatic carbocycles. The molecule has 25 heavy (non-hydrogen) atoms. The van der Waals surface area contributed by atoms with Crippen LogP contribution in [0.2, 0.25) is 0 Å². The van der Waals surface area contributed by atoms with Gasteiger partial charge in [0, 0.05) is 21.1 Å². The maximum absolute atomic E-state index is 9.32. The molecular weight excluding hydrogens is 538 g/mol. The molecule has 0 atom stereocenters. The fourth-order valence-corrected chi connectivity index (χ4v) is 3.12. The van der Waals surface area contributed by atoms with Crippen LogP contribution in [0.25, 0.3) is 0 Å². The van der Waals surface area contributed by atoms with Crippen LogP contribution in [-0.2, 0) is 34.5 Å². The standard InChI is InChI=1S/C15H31.H4O7P2.W/c1-3-5-7-9-11-13-15-14-12-10-8-6-4-2;1-8(2,3)7-9(4,5)6;/h1,3-15H2,2H3;(H2,1,2,3)(H2,4,5,6);/q-1;;/p-4. The fraction of sp³-hybridized carbons (Fsp3) is 0.933. The van der Waals surface area contributed by atoms with Gasteiger partial charge in [0.25, 0.3) is 0 Å². The second kappa shape index (κ2) is 19.7. The van der Waals surface area contributed by atoms with E-state index in [4.69, 9.17) is 0 Å². The van der Waals surface area contributed by atoms with Crippen LogP contribution in [0, 0.1) is 6.92 Å². The van der Waals surface area contributed by atoms with E-state index in [0.717, 1.165) is 6.42 Å². The quantitative estimate of drug-likeness (QED) is 0.178. The molecule has 7 nitrogen and oxygen atoms in total. The normalized spacial score (nSPS) is 11.4. The van der Waals surface area contributed by atoms with Crippen molar-refractivity contribution >= 4 is 15.6 Å². The van der Waals surface area contributed by atoms with Crippen LogP contribution in [0.1, 0.15) is 90.4 Å². The predicted octanol–water partition coefficient (Wildman–Crippen LogP) is 2.57. The molecule has 10 heteroatoms. The maximum atomic E-state index is 9.32. The molecule has 0 fully saturated rings. The van der Waals surface area contributed by atoms with Crippen LogP contribution in [-0.4, -0.2) is 0 Å². The molecule has 0 bridgehead atoms. The van der Waals surface area contributed by atoms with Gasteiger partial charge < -0.3 is 39.9 Å². The Morgan fingerprint density at radius 2 is 0.960 bits per heavy atom. The molecule has 0 N–H and O–H groups in total. The molecule has 0 aromatic rings. The molecule has 0 unspecified atom stereocenters. The number of hydrogen-bond donors (Lipinski definition) is 0. The van der Waals surface area contributed by atoms with Crippen LogP contribution in [0.4, 0.5) is 0 Å². The summed E-state index contributed by atoms with van der Waals surface area (Å²) in [6.07, 6.45) is 18.3. The third-order valence-electron chi connectivity index (χ3n) is 3.30. The van der Waals surface area contributed by atoms with E-state index in [1.807, 2.05) is 0 Å². The summed E-state index contributed by atoms with van der Waals surface area (Å²) in [5, 5.41) is 0. The molecule has 0 rings (SSSR count). The molecule has 154 valence electrons. The number of phosphoric acid groups is 2. The van der Waals surface area contributed by atoms with E-state index in [2.05, 4.69) is 18.2 Å². The Labute approximate surface area is 167 Å². The van der Waals surface area contributed by atoms with Crippen LogP contribution in [0.3, 0.4) is 0 Å². The van der Waals surface area contributed by atoms with Gasteiger partial charge in [0.05, 0.1) is 15.6 Å².